The Hall–Kier alpha value is -2.41. The van der Waals surface area contributed by atoms with E-state index in [1.165, 1.54) is 17.7 Å². The first-order valence-corrected chi connectivity index (χ1v) is 8.34. The van der Waals surface area contributed by atoms with E-state index in [1.807, 2.05) is 18.0 Å². The van der Waals surface area contributed by atoms with Gasteiger partial charge in [-0.15, -0.1) is 11.8 Å². The zero-order valence-corrected chi connectivity index (χ0v) is 13.0. The molecule has 0 bridgehead atoms. The maximum Gasteiger partial charge on any atom is 0.271 e. The normalized spacial score (nSPS) is 21.6. The smallest absolute Gasteiger partial charge is 0.271 e. The molecule has 1 N–H and O–H groups in total. The first-order valence-electron chi connectivity index (χ1n) is 7.40. The number of hydrogen-bond acceptors (Lipinski definition) is 6. The molecule has 0 spiro atoms. The molecule has 2 aromatic rings. The van der Waals surface area contributed by atoms with Crippen molar-refractivity contribution in [3.8, 4) is 0 Å². The average Bonchev–Trinajstić information content (AvgIpc) is 3.04. The maximum atomic E-state index is 10.9. The van der Waals surface area contributed by atoms with Gasteiger partial charge in [-0.2, -0.15) is 0 Å². The Morgan fingerprint density at radius 2 is 2.30 bits per heavy atom. The molecule has 1 aromatic carbocycles. The molecule has 23 heavy (non-hydrogen) atoms. The zero-order valence-electron chi connectivity index (χ0n) is 12.2. The third-order valence-corrected chi connectivity index (χ3v) is 5.36. The van der Waals surface area contributed by atoms with Gasteiger partial charge < -0.3 is 5.32 Å². The molecule has 6 nitrogen and oxygen atoms in total. The van der Waals surface area contributed by atoms with Crippen LogP contribution in [0.4, 0.5) is 17.3 Å². The van der Waals surface area contributed by atoms with Crippen LogP contribution in [-0.2, 0) is 6.42 Å². The van der Waals surface area contributed by atoms with Crippen LogP contribution in [0, 0.1) is 10.1 Å². The molecule has 0 fully saturated rings. The van der Waals surface area contributed by atoms with Crippen molar-refractivity contribution in [1.82, 2.24) is 9.97 Å². The van der Waals surface area contributed by atoms with Crippen LogP contribution >= 0.6 is 11.8 Å². The lowest BCUT2D eigenvalue weighted by Gasteiger charge is -2.26. The summed E-state index contributed by atoms with van der Waals surface area (Å²) in [6.07, 6.45) is 6.23. The Balaban J connectivity index is 1.63. The number of non-ortho nitro benzene ring substituents is 1. The predicted molar refractivity (Wildman–Crippen MR) is 90.0 cm³/mol. The quantitative estimate of drug-likeness (QED) is 0.683. The second kappa shape index (κ2) is 5.66. The van der Waals surface area contributed by atoms with Crippen molar-refractivity contribution in [3.05, 3.63) is 63.3 Å². The van der Waals surface area contributed by atoms with E-state index in [0.717, 1.165) is 18.5 Å². The van der Waals surface area contributed by atoms with Crippen molar-refractivity contribution in [2.75, 3.05) is 5.32 Å². The summed E-state index contributed by atoms with van der Waals surface area (Å²) in [6.45, 7) is 0. The molecule has 1 aromatic heterocycles. The lowest BCUT2D eigenvalue weighted by molar-refractivity contribution is -0.384. The molecule has 2 atom stereocenters. The molecular weight excluding hydrogens is 312 g/mol. The number of benzene rings is 1. The highest BCUT2D eigenvalue weighted by Gasteiger charge is 2.32. The molecule has 0 amide bonds. The Morgan fingerprint density at radius 3 is 3.17 bits per heavy atom. The van der Waals surface area contributed by atoms with Gasteiger partial charge in [0.05, 0.1) is 10.6 Å². The minimum atomic E-state index is -0.413. The number of hydrogen-bond donors (Lipinski definition) is 1. The lowest BCUT2D eigenvalue weighted by Crippen LogP contribution is -2.21. The number of nitro groups is 1. The van der Waals surface area contributed by atoms with Gasteiger partial charge in [0.2, 0.25) is 5.95 Å². The van der Waals surface area contributed by atoms with Crippen LogP contribution in [0.25, 0.3) is 0 Å². The number of aryl methyl sites for hydroxylation is 1. The van der Waals surface area contributed by atoms with Gasteiger partial charge in [-0.1, -0.05) is 12.1 Å². The van der Waals surface area contributed by atoms with Gasteiger partial charge in [-0.25, -0.2) is 9.97 Å². The summed E-state index contributed by atoms with van der Waals surface area (Å²) < 4.78 is 0. The number of nitrogens with zero attached hydrogens (tertiary/aromatic N) is 3. The van der Waals surface area contributed by atoms with Crippen LogP contribution in [0.3, 0.4) is 0 Å². The van der Waals surface area contributed by atoms with Gasteiger partial charge >= 0.3 is 0 Å². The third kappa shape index (κ3) is 2.68. The van der Waals surface area contributed by atoms with E-state index in [2.05, 4.69) is 26.8 Å². The summed E-state index contributed by atoms with van der Waals surface area (Å²) in [7, 11) is 0. The van der Waals surface area contributed by atoms with Crippen LogP contribution in [0.5, 0.6) is 0 Å². The second-order valence-corrected chi connectivity index (χ2v) is 6.75. The molecule has 0 saturated carbocycles. The predicted octanol–water partition coefficient (Wildman–Crippen LogP) is 3.79. The molecule has 2 unspecified atom stereocenters. The second-order valence-electron chi connectivity index (χ2n) is 5.60. The van der Waals surface area contributed by atoms with E-state index in [-0.39, 0.29) is 5.69 Å². The number of thioether (sulfide) groups is 1. The highest BCUT2D eigenvalue weighted by atomic mass is 32.2. The van der Waals surface area contributed by atoms with Crippen LogP contribution < -0.4 is 5.32 Å². The highest BCUT2D eigenvalue weighted by molar-refractivity contribution is 8.03. The van der Waals surface area contributed by atoms with Gasteiger partial charge in [0.1, 0.15) is 0 Å². The van der Waals surface area contributed by atoms with Crippen molar-refractivity contribution < 1.29 is 4.92 Å². The van der Waals surface area contributed by atoms with Gasteiger partial charge in [0.25, 0.3) is 5.69 Å². The fraction of sp³-hybridized carbons (Fsp3) is 0.250. The third-order valence-electron chi connectivity index (χ3n) is 4.16. The minimum Gasteiger partial charge on any atom is -0.324 e. The largest absolute Gasteiger partial charge is 0.324 e. The Bertz CT molecular complexity index is 808. The zero-order chi connectivity index (χ0) is 15.8. The van der Waals surface area contributed by atoms with Crippen molar-refractivity contribution in [3.63, 3.8) is 0 Å². The van der Waals surface area contributed by atoms with Crippen LogP contribution in [0.15, 0.2) is 41.9 Å². The molecule has 0 radical (unpaired) electrons. The fourth-order valence-corrected chi connectivity index (χ4v) is 4.14. The Labute approximate surface area is 137 Å². The first-order chi connectivity index (χ1) is 11.2. The number of aromatic nitrogens is 2. The molecule has 4 rings (SSSR count). The summed E-state index contributed by atoms with van der Waals surface area (Å²) in [5, 5.41) is 16.7. The SMILES string of the molecule is O=[N+]([O-])c1cccc(Nc2ncc3c(n2)C2C=CSC2CC3)c1. The number of nitrogens with one attached hydrogen (secondary N) is 1. The number of anilines is 2. The summed E-state index contributed by atoms with van der Waals surface area (Å²) in [6, 6.07) is 6.36. The summed E-state index contributed by atoms with van der Waals surface area (Å²) >= 11 is 1.87. The van der Waals surface area contributed by atoms with E-state index in [4.69, 9.17) is 0 Å². The molecule has 0 saturated heterocycles. The number of fused-ring (bicyclic) bond motifs is 3. The Kier molecular flexibility index (Phi) is 3.49. The Morgan fingerprint density at radius 1 is 1.39 bits per heavy atom. The van der Waals surface area contributed by atoms with E-state index in [1.54, 1.807) is 12.1 Å². The molecule has 1 aliphatic heterocycles. The summed E-state index contributed by atoms with van der Waals surface area (Å²) in [5.41, 5.74) is 2.93. The monoisotopic (exact) mass is 326 g/mol. The van der Waals surface area contributed by atoms with Gasteiger partial charge in [0.15, 0.2) is 0 Å². The summed E-state index contributed by atoms with van der Waals surface area (Å²) in [4.78, 5) is 19.5. The van der Waals surface area contributed by atoms with Crippen molar-refractivity contribution >= 4 is 29.1 Å². The maximum absolute atomic E-state index is 10.9. The van der Waals surface area contributed by atoms with Crippen LogP contribution in [0.1, 0.15) is 23.6 Å². The number of nitro benzene ring substituents is 1. The van der Waals surface area contributed by atoms with Gasteiger partial charge in [0, 0.05) is 35.2 Å². The van der Waals surface area contributed by atoms with Gasteiger partial charge in [-0.05, 0) is 29.9 Å². The van der Waals surface area contributed by atoms with E-state index < -0.39 is 4.92 Å². The topological polar surface area (TPSA) is 81.0 Å². The average molecular weight is 326 g/mol. The standard InChI is InChI=1S/C16H14N4O2S/c21-20(22)12-3-1-2-11(8-12)18-16-17-9-10-4-5-14-13(6-7-23-14)15(10)19-16/h1-3,6-9,13-14H,4-5H2,(H,17,18,19). The highest BCUT2D eigenvalue weighted by Crippen LogP contribution is 2.43. The van der Waals surface area contributed by atoms with Crippen LogP contribution in [0.2, 0.25) is 0 Å². The molecule has 1 aliphatic carbocycles. The van der Waals surface area contributed by atoms with Crippen LogP contribution in [-0.4, -0.2) is 20.1 Å². The summed E-state index contributed by atoms with van der Waals surface area (Å²) in [5.74, 6) is 0.826. The molecule has 2 aliphatic rings. The van der Waals surface area contributed by atoms with E-state index in [9.17, 15) is 10.1 Å². The van der Waals surface area contributed by atoms with Gasteiger partial charge in [-0.3, -0.25) is 10.1 Å². The van der Waals surface area contributed by atoms with Crippen molar-refractivity contribution in [1.29, 1.82) is 0 Å². The molecule has 2 heterocycles. The minimum absolute atomic E-state index is 0.0446. The number of allylic oxidation sites excluding steroid dienone is 1. The van der Waals surface area contributed by atoms with E-state index >= 15 is 0 Å². The lowest BCUT2D eigenvalue weighted by atomic mass is 9.87. The fourth-order valence-electron chi connectivity index (χ4n) is 3.04. The molecular formula is C16H14N4O2S. The number of rotatable bonds is 3. The molecule has 7 heteroatoms. The van der Waals surface area contributed by atoms with Crippen molar-refractivity contribution in [2.45, 2.75) is 24.0 Å². The first kappa shape index (κ1) is 14.2. The van der Waals surface area contributed by atoms with Crippen molar-refractivity contribution in [2.24, 2.45) is 0 Å². The molecule has 116 valence electrons. The van der Waals surface area contributed by atoms with E-state index in [0.29, 0.717) is 22.8 Å².